The lowest BCUT2D eigenvalue weighted by molar-refractivity contribution is -0.0764. The van der Waals surface area contributed by atoms with Crippen molar-refractivity contribution in [3.05, 3.63) is 18.5 Å². The molecule has 8 nitrogen and oxygen atoms in total. The molecule has 2 fully saturated rings. The molecule has 144 valence electrons. The Bertz CT molecular complexity index is 592. The molecule has 1 amide bonds. The molecule has 0 aromatic carbocycles. The molecule has 2 saturated heterocycles. The molecule has 3 heterocycles. The molecule has 2 atom stereocenters. The van der Waals surface area contributed by atoms with E-state index in [4.69, 9.17) is 15.2 Å². The summed E-state index contributed by atoms with van der Waals surface area (Å²) in [5, 5.41) is 0. The van der Waals surface area contributed by atoms with E-state index < -0.39 is 0 Å². The maximum atomic E-state index is 12.0. The third kappa shape index (κ3) is 4.24. The molecule has 0 unspecified atom stereocenters. The average Bonchev–Trinajstić information content (AvgIpc) is 2.67. The van der Waals surface area contributed by atoms with Crippen molar-refractivity contribution in [3.63, 3.8) is 0 Å². The number of anilines is 1. The van der Waals surface area contributed by atoms with Crippen LogP contribution in [0.25, 0.3) is 0 Å². The van der Waals surface area contributed by atoms with Crippen LogP contribution >= 0.6 is 0 Å². The number of carbonyl (C=O) groups excluding carboxylic acids is 1. The van der Waals surface area contributed by atoms with Crippen molar-refractivity contribution < 1.29 is 14.3 Å². The van der Waals surface area contributed by atoms with Gasteiger partial charge in [0.25, 0.3) is 0 Å². The predicted molar refractivity (Wildman–Crippen MR) is 97.9 cm³/mol. The third-order valence-electron chi connectivity index (χ3n) is 5.50. The topological polar surface area (TPSA) is 93.8 Å². The number of piperidine rings is 2. The third-order valence-corrected chi connectivity index (χ3v) is 5.50. The Morgan fingerprint density at radius 2 is 2.00 bits per heavy atom. The summed E-state index contributed by atoms with van der Waals surface area (Å²) >= 11 is 0. The first-order chi connectivity index (χ1) is 12.5. The van der Waals surface area contributed by atoms with Gasteiger partial charge in [0, 0.05) is 38.1 Å². The molecule has 0 spiro atoms. The second-order valence-electron chi connectivity index (χ2n) is 7.33. The fraction of sp³-hybridized carbons (Fsp3) is 0.722. The van der Waals surface area contributed by atoms with Crippen LogP contribution in [0.3, 0.4) is 0 Å². The highest BCUT2D eigenvalue weighted by Gasteiger charge is 2.37. The molecule has 3 rings (SSSR count). The normalized spacial score (nSPS) is 25.8. The highest BCUT2D eigenvalue weighted by Crippen LogP contribution is 2.29. The Morgan fingerprint density at radius 3 is 2.65 bits per heavy atom. The molecular weight excluding hydrogens is 334 g/mol. The monoisotopic (exact) mass is 363 g/mol. The number of carbonyl (C=O) groups is 1. The van der Waals surface area contributed by atoms with Gasteiger partial charge in [-0.05, 0) is 38.7 Å². The van der Waals surface area contributed by atoms with Crippen molar-refractivity contribution >= 4 is 12.0 Å². The van der Waals surface area contributed by atoms with Gasteiger partial charge in [0.2, 0.25) is 5.95 Å². The summed E-state index contributed by atoms with van der Waals surface area (Å²) in [6, 6.07) is 1.61. The second kappa shape index (κ2) is 8.18. The van der Waals surface area contributed by atoms with Gasteiger partial charge in [0.15, 0.2) is 0 Å². The highest BCUT2D eigenvalue weighted by atomic mass is 16.5. The molecule has 1 aromatic heterocycles. The first-order valence-electron chi connectivity index (χ1n) is 9.28. The first-order valence-corrected chi connectivity index (χ1v) is 9.28. The molecule has 26 heavy (non-hydrogen) atoms. The van der Waals surface area contributed by atoms with Gasteiger partial charge in [-0.3, -0.25) is 0 Å². The van der Waals surface area contributed by atoms with Crippen LogP contribution in [0.15, 0.2) is 18.5 Å². The van der Waals surface area contributed by atoms with Crippen molar-refractivity contribution in [2.24, 2.45) is 5.73 Å². The van der Waals surface area contributed by atoms with Crippen LogP contribution in [0.5, 0.6) is 0 Å². The summed E-state index contributed by atoms with van der Waals surface area (Å²) in [6.07, 6.45) is 6.76. The number of amides is 1. The van der Waals surface area contributed by atoms with E-state index in [1.54, 1.807) is 17.3 Å². The van der Waals surface area contributed by atoms with Gasteiger partial charge in [-0.15, -0.1) is 0 Å². The van der Waals surface area contributed by atoms with Crippen molar-refractivity contribution in [3.8, 4) is 0 Å². The lowest BCUT2D eigenvalue weighted by atomic mass is 9.92. The number of ether oxygens (including phenoxy) is 2. The number of rotatable bonds is 4. The number of likely N-dealkylation sites (tertiary alicyclic amines) is 1. The van der Waals surface area contributed by atoms with Gasteiger partial charge in [-0.1, -0.05) is 0 Å². The fourth-order valence-electron chi connectivity index (χ4n) is 3.71. The van der Waals surface area contributed by atoms with Gasteiger partial charge >= 0.3 is 6.09 Å². The van der Waals surface area contributed by atoms with Gasteiger partial charge < -0.3 is 25.0 Å². The quantitative estimate of drug-likeness (QED) is 0.864. The zero-order chi connectivity index (χ0) is 18.6. The molecular formula is C18H29N5O3. The van der Waals surface area contributed by atoms with E-state index in [1.165, 1.54) is 7.11 Å². The Hall–Kier alpha value is -1.93. The maximum Gasteiger partial charge on any atom is 0.409 e. The summed E-state index contributed by atoms with van der Waals surface area (Å²) in [6.45, 7) is 4.93. The van der Waals surface area contributed by atoms with E-state index in [0.717, 1.165) is 44.7 Å². The molecule has 0 saturated carbocycles. The van der Waals surface area contributed by atoms with Crippen LogP contribution in [-0.2, 0) is 9.47 Å². The van der Waals surface area contributed by atoms with Crippen LogP contribution in [-0.4, -0.2) is 72.0 Å². The number of nitrogens with zero attached hydrogens (tertiary/aromatic N) is 4. The minimum absolute atomic E-state index is 0.0794. The van der Waals surface area contributed by atoms with Gasteiger partial charge in [-0.2, -0.15) is 0 Å². The Morgan fingerprint density at radius 1 is 1.31 bits per heavy atom. The molecule has 0 bridgehead atoms. The zero-order valence-corrected chi connectivity index (χ0v) is 15.6. The summed E-state index contributed by atoms with van der Waals surface area (Å²) in [7, 11) is 1.41. The van der Waals surface area contributed by atoms with Gasteiger partial charge in [0.1, 0.15) is 0 Å². The zero-order valence-electron chi connectivity index (χ0n) is 15.6. The minimum Gasteiger partial charge on any atom is -0.453 e. The van der Waals surface area contributed by atoms with Crippen LogP contribution in [0.2, 0.25) is 0 Å². The molecule has 2 aliphatic rings. The second-order valence-corrected chi connectivity index (χ2v) is 7.33. The van der Waals surface area contributed by atoms with E-state index in [0.29, 0.717) is 13.2 Å². The standard InChI is InChI=1S/C18H29N5O3/c1-18(6-11-22(12-7-18)16-20-8-4-9-21-16)26-13-15-14(19)5-3-10-23(15)17(24)25-2/h4,8-9,14-15H,3,5-7,10-13,19H2,1-2H3/t14-,15-/m0/s1. The molecule has 2 aliphatic heterocycles. The van der Waals surface area contributed by atoms with Crippen LogP contribution in [0, 0.1) is 0 Å². The van der Waals surface area contributed by atoms with Crippen LogP contribution in [0.4, 0.5) is 10.7 Å². The predicted octanol–water partition coefficient (Wildman–Crippen LogP) is 1.41. The molecule has 1 aromatic rings. The molecule has 2 N–H and O–H groups in total. The SMILES string of the molecule is COC(=O)N1CCC[C@H](N)[C@@H]1COC1(C)CCN(c2ncccn2)CC1. The van der Waals surface area contributed by atoms with Crippen LogP contribution in [0.1, 0.15) is 32.6 Å². The first kappa shape index (κ1) is 18.8. The Kier molecular flexibility index (Phi) is 5.93. The number of hydrogen-bond donors (Lipinski definition) is 1. The highest BCUT2D eigenvalue weighted by molar-refractivity contribution is 5.68. The number of methoxy groups -OCH3 is 1. The van der Waals surface area contributed by atoms with E-state index in [-0.39, 0.29) is 23.8 Å². The summed E-state index contributed by atoms with van der Waals surface area (Å²) in [5.74, 6) is 0.765. The van der Waals surface area contributed by atoms with Crippen molar-refractivity contribution in [2.75, 3.05) is 38.3 Å². The maximum absolute atomic E-state index is 12.0. The average molecular weight is 363 g/mol. The van der Waals surface area contributed by atoms with E-state index in [2.05, 4.69) is 21.8 Å². The van der Waals surface area contributed by atoms with Crippen molar-refractivity contribution in [2.45, 2.75) is 50.3 Å². The van der Waals surface area contributed by atoms with E-state index in [9.17, 15) is 4.79 Å². The van der Waals surface area contributed by atoms with Crippen LogP contribution < -0.4 is 10.6 Å². The smallest absolute Gasteiger partial charge is 0.409 e. The summed E-state index contributed by atoms with van der Waals surface area (Å²) in [4.78, 5) is 24.6. The van der Waals surface area contributed by atoms with E-state index in [1.807, 2.05) is 6.07 Å². The van der Waals surface area contributed by atoms with Gasteiger partial charge in [-0.25, -0.2) is 14.8 Å². The summed E-state index contributed by atoms with van der Waals surface area (Å²) in [5.41, 5.74) is 6.03. The lowest BCUT2D eigenvalue weighted by Gasteiger charge is -2.43. The Balaban J connectivity index is 1.56. The fourth-order valence-corrected chi connectivity index (χ4v) is 3.71. The molecule has 0 radical (unpaired) electrons. The van der Waals surface area contributed by atoms with Crippen molar-refractivity contribution in [1.82, 2.24) is 14.9 Å². The van der Waals surface area contributed by atoms with E-state index >= 15 is 0 Å². The lowest BCUT2D eigenvalue weighted by Crippen LogP contribution is -2.57. The van der Waals surface area contributed by atoms with Crippen molar-refractivity contribution in [1.29, 1.82) is 0 Å². The Labute approximate surface area is 154 Å². The largest absolute Gasteiger partial charge is 0.453 e. The number of hydrogen-bond acceptors (Lipinski definition) is 7. The number of aromatic nitrogens is 2. The van der Waals surface area contributed by atoms with Gasteiger partial charge in [0.05, 0.1) is 25.4 Å². The number of nitrogens with two attached hydrogens (primary N) is 1. The molecule has 0 aliphatic carbocycles. The minimum atomic E-state index is -0.324. The summed E-state index contributed by atoms with van der Waals surface area (Å²) < 4.78 is 11.2. The molecule has 8 heteroatoms.